The molecule has 0 fully saturated rings. The van der Waals surface area contributed by atoms with Gasteiger partial charge in [-0.3, -0.25) is 4.79 Å². The number of rotatable bonds is 6. The number of nitrogens with zero attached hydrogens (tertiary/aromatic N) is 1. The third-order valence-electron chi connectivity index (χ3n) is 4.09. The lowest BCUT2D eigenvalue weighted by Crippen LogP contribution is -2.15. The monoisotopic (exact) mass is 404 g/mol. The highest BCUT2D eigenvalue weighted by Crippen LogP contribution is 2.32. The molecule has 1 N–H and O–H groups in total. The normalized spacial score (nSPS) is 11.7. The molecule has 1 aromatic heterocycles. The van der Waals surface area contributed by atoms with Crippen molar-refractivity contribution in [3.05, 3.63) is 48.0 Å². The van der Waals surface area contributed by atoms with Crippen molar-refractivity contribution in [1.82, 2.24) is 4.98 Å². The quantitative estimate of drug-likeness (QED) is 0.678. The first-order valence-electron chi connectivity index (χ1n) is 8.37. The molecule has 0 saturated heterocycles. The number of nitrogens with one attached hydrogen (secondary N) is 1. The van der Waals surface area contributed by atoms with Crippen LogP contribution in [0.3, 0.4) is 0 Å². The molecule has 0 unspecified atom stereocenters. The SMILES string of the molecule is COc1cccc2sc(NC(=O)Cc3ccc(S(=O)(=O)C(C)C)cc3)nc12. The number of aromatic nitrogens is 1. The molecule has 1 amide bonds. The van der Waals surface area contributed by atoms with Crippen molar-refractivity contribution in [1.29, 1.82) is 0 Å². The van der Waals surface area contributed by atoms with E-state index in [9.17, 15) is 13.2 Å². The Hall–Kier alpha value is -2.45. The lowest BCUT2D eigenvalue weighted by atomic mass is 10.1. The summed E-state index contributed by atoms with van der Waals surface area (Å²) in [6, 6.07) is 12.0. The van der Waals surface area contributed by atoms with Gasteiger partial charge in [0.15, 0.2) is 15.0 Å². The van der Waals surface area contributed by atoms with Gasteiger partial charge < -0.3 is 10.1 Å². The van der Waals surface area contributed by atoms with Crippen molar-refractivity contribution in [3.63, 3.8) is 0 Å². The fourth-order valence-electron chi connectivity index (χ4n) is 2.56. The smallest absolute Gasteiger partial charge is 0.230 e. The molecule has 6 nitrogen and oxygen atoms in total. The van der Waals surface area contributed by atoms with Gasteiger partial charge in [-0.1, -0.05) is 29.5 Å². The number of anilines is 1. The number of thiazole rings is 1. The maximum atomic E-state index is 12.3. The van der Waals surface area contributed by atoms with E-state index in [2.05, 4.69) is 10.3 Å². The first-order chi connectivity index (χ1) is 12.8. The molecule has 3 rings (SSSR count). The van der Waals surface area contributed by atoms with E-state index in [0.29, 0.717) is 16.4 Å². The van der Waals surface area contributed by atoms with E-state index >= 15 is 0 Å². The molecule has 3 aromatic rings. The molecular weight excluding hydrogens is 384 g/mol. The largest absolute Gasteiger partial charge is 0.494 e. The molecule has 0 atom stereocenters. The highest BCUT2D eigenvalue weighted by Gasteiger charge is 2.19. The molecule has 0 saturated carbocycles. The predicted octanol–water partition coefficient (Wildman–Crippen LogP) is 3.67. The zero-order valence-electron chi connectivity index (χ0n) is 15.2. The van der Waals surface area contributed by atoms with Gasteiger partial charge in [-0.15, -0.1) is 0 Å². The Balaban J connectivity index is 1.71. The van der Waals surface area contributed by atoms with Gasteiger partial charge in [-0.25, -0.2) is 13.4 Å². The first kappa shape index (κ1) is 19.3. The number of fused-ring (bicyclic) bond motifs is 1. The second kappa shape index (κ2) is 7.66. The Morgan fingerprint density at radius 3 is 2.52 bits per heavy atom. The number of sulfone groups is 1. The zero-order valence-corrected chi connectivity index (χ0v) is 16.9. The average Bonchev–Trinajstić information content (AvgIpc) is 3.04. The Kier molecular flexibility index (Phi) is 5.48. The number of para-hydroxylation sites is 1. The summed E-state index contributed by atoms with van der Waals surface area (Å²) in [6.07, 6.45) is 0.134. The van der Waals surface area contributed by atoms with Crippen molar-refractivity contribution in [2.75, 3.05) is 12.4 Å². The molecule has 142 valence electrons. The summed E-state index contributed by atoms with van der Waals surface area (Å²) < 4.78 is 30.5. The second-order valence-corrected chi connectivity index (χ2v) is 9.82. The topological polar surface area (TPSA) is 85.4 Å². The minimum atomic E-state index is -3.31. The van der Waals surface area contributed by atoms with Crippen LogP contribution in [0.15, 0.2) is 47.4 Å². The van der Waals surface area contributed by atoms with Crippen LogP contribution in [-0.2, 0) is 21.1 Å². The van der Waals surface area contributed by atoms with E-state index in [1.165, 1.54) is 11.3 Å². The van der Waals surface area contributed by atoms with Crippen LogP contribution in [0.4, 0.5) is 5.13 Å². The molecule has 8 heteroatoms. The molecule has 0 aliphatic heterocycles. The van der Waals surface area contributed by atoms with Crippen LogP contribution in [0, 0.1) is 0 Å². The van der Waals surface area contributed by atoms with Crippen LogP contribution < -0.4 is 10.1 Å². The summed E-state index contributed by atoms with van der Waals surface area (Å²) in [5.74, 6) is 0.443. The third kappa shape index (κ3) is 4.12. The van der Waals surface area contributed by atoms with Crippen molar-refractivity contribution in [2.45, 2.75) is 30.4 Å². The maximum absolute atomic E-state index is 12.3. The Labute approximate surface area is 162 Å². The minimum Gasteiger partial charge on any atom is -0.494 e. The lowest BCUT2D eigenvalue weighted by Gasteiger charge is -2.08. The van der Waals surface area contributed by atoms with Crippen molar-refractivity contribution >= 4 is 42.4 Å². The van der Waals surface area contributed by atoms with Crippen molar-refractivity contribution in [2.24, 2.45) is 0 Å². The maximum Gasteiger partial charge on any atom is 0.230 e. The van der Waals surface area contributed by atoms with Gasteiger partial charge in [0, 0.05) is 0 Å². The number of carbonyl (C=O) groups is 1. The van der Waals surface area contributed by atoms with Gasteiger partial charge in [0.25, 0.3) is 0 Å². The van der Waals surface area contributed by atoms with E-state index in [1.54, 1.807) is 45.2 Å². The van der Waals surface area contributed by atoms with Crippen LogP contribution in [0.2, 0.25) is 0 Å². The summed E-state index contributed by atoms with van der Waals surface area (Å²) in [4.78, 5) is 17.0. The van der Waals surface area contributed by atoms with Gasteiger partial charge in [0.1, 0.15) is 11.3 Å². The summed E-state index contributed by atoms with van der Waals surface area (Å²) in [6.45, 7) is 3.29. The molecule has 0 bridgehead atoms. The number of hydrogen-bond donors (Lipinski definition) is 1. The minimum absolute atomic E-state index is 0.134. The fourth-order valence-corrected chi connectivity index (χ4v) is 4.52. The van der Waals surface area contributed by atoms with Crippen LogP contribution >= 0.6 is 11.3 Å². The summed E-state index contributed by atoms with van der Waals surface area (Å²) >= 11 is 1.37. The number of carbonyl (C=O) groups excluding carboxylic acids is 1. The van der Waals surface area contributed by atoms with E-state index in [-0.39, 0.29) is 17.2 Å². The van der Waals surface area contributed by atoms with Gasteiger partial charge in [-0.2, -0.15) is 0 Å². The van der Waals surface area contributed by atoms with E-state index in [4.69, 9.17) is 4.74 Å². The Morgan fingerprint density at radius 1 is 1.19 bits per heavy atom. The van der Waals surface area contributed by atoms with Crippen molar-refractivity contribution in [3.8, 4) is 5.75 Å². The number of ether oxygens (including phenoxy) is 1. The van der Waals surface area contributed by atoms with E-state index in [1.807, 2.05) is 18.2 Å². The molecule has 27 heavy (non-hydrogen) atoms. The van der Waals surface area contributed by atoms with Gasteiger partial charge >= 0.3 is 0 Å². The van der Waals surface area contributed by atoms with E-state index in [0.717, 1.165) is 10.3 Å². The van der Waals surface area contributed by atoms with E-state index < -0.39 is 15.1 Å². The highest BCUT2D eigenvalue weighted by molar-refractivity contribution is 7.92. The fraction of sp³-hybridized carbons (Fsp3) is 0.263. The second-order valence-electron chi connectivity index (χ2n) is 6.29. The molecule has 0 aliphatic carbocycles. The number of hydrogen-bond acceptors (Lipinski definition) is 6. The average molecular weight is 405 g/mol. The lowest BCUT2D eigenvalue weighted by molar-refractivity contribution is -0.115. The van der Waals surface area contributed by atoms with Gasteiger partial charge in [-0.05, 0) is 43.7 Å². The van der Waals surface area contributed by atoms with Crippen LogP contribution in [-0.4, -0.2) is 31.7 Å². The zero-order chi connectivity index (χ0) is 19.6. The van der Waals surface area contributed by atoms with Crippen molar-refractivity contribution < 1.29 is 17.9 Å². The molecule has 0 aliphatic rings. The molecule has 1 heterocycles. The Bertz CT molecular complexity index is 1070. The number of benzene rings is 2. The Morgan fingerprint density at radius 2 is 1.89 bits per heavy atom. The third-order valence-corrected chi connectivity index (χ3v) is 7.19. The van der Waals surface area contributed by atoms with Gasteiger partial charge in [0.2, 0.25) is 5.91 Å². The summed E-state index contributed by atoms with van der Waals surface area (Å²) in [7, 11) is -1.73. The molecule has 0 spiro atoms. The molecule has 2 aromatic carbocycles. The molecular formula is C19H20N2O4S2. The summed E-state index contributed by atoms with van der Waals surface area (Å²) in [5.41, 5.74) is 1.44. The van der Waals surface area contributed by atoms with Crippen LogP contribution in [0.1, 0.15) is 19.4 Å². The van der Waals surface area contributed by atoms with Crippen LogP contribution in [0.5, 0.6) is 5.75 Å². The predicted molar refractivity (Wildman–Crippen MR) is 107 cm³/mol. The van der Waals surface area contributed by atoms with Gasteiger partial charge in [0.05, 0.1) is 28.4 Å². The molecule has 0 radical (unpaired) electrons. The summed E-state index contributed by atoms with van der Waals surface area (Å²) in [5, 5.41) is 2.80. The standard InChI is InChI=1S/C19H20N2O4S2/c1-12(2)27(23,24)14-9-7-13(8-10-14)11-17(22)20-19-21-18-15(25-3)5-4-6-16(18)26-19/h4-10,12H,11H2,1-3H3,(H,20,21,22). The number of methoxy groups -OCH3 is 1. The van der Waals surface area contributed by atoms with Crippen LogP contribution in [0.25, 0.3) is 10.2 Å². The highest BCUT2D eigenvalue weighted by atomic mass is 32.2. The number of amides is 1. The first-order valence-corrected chi connectivity index (χ1v) is 10.7.